The van der Waals surface area contributed by atoms with Crippen molar-refractivity contribution in [1.82, 2.24) is 4.98 Å². The number of carbonyl (C=O) groups excluding carboxylic acids is 1. The summed E-state index contributed by atoms with van der Waals surface area (Å²) >= 11 is 0. The molecule has 1 N–H and O–H groups in total. The highest BCUT2D eigenvalue weighted by Gasteiger charge is 2.05. The minimum atomic E-state index is -0.202. The average Bonchev–Trinajstić information content (AvgIpc) is 2.17. The van der Waals surface area contributed by atoms with E-state index in [1.807, 2.05) is 13.8 Å². The molecule has 0 aromatic carbocycles. The number of hydrogen-bond donors (Lipinski definition) is 1. The Hall–Kier alpha value is -1.84. The summed E-state index contributed by atoms with van der Waals surface area (Å²) in [5.41, 5.74) is 0.933. The van der Waals surface area contributed by atoms with Gasteiger partial charge in [0, 0.05) is 12.3 Å². The molecule has 80 valence electrons. The number of pyridine rings is 1. The van der Waals surface area contributed by atoms with Crippen molar-refractivity contribution in [2.45, 2.75) is 13.8 Å². The quantitative estimate of drug-likeness (QED) is 0.769. The predicted octanol–water partition coefficient (Wildman–Crippen LogP) is 1.99. The Morgan fingerprint density at radius 2 is 2.27 bits per heavy atom. The molecule has 0 aliphatic rings. The number of aromatic nitrogens is 1. The molecule has 0 aliphatic carbocycles. The number of nitrogens with one attached hydrogen (secondary N) is 1. The monoisotopic (exact) mass is 206 g/mol. The van der Waals surface area contributed by atoms with E-state index >= 15 is 0 Å². The average molecular weight is 206 g/mol. The molecule has 0 aliphatic heterocycles. The van der Waals surface area contributed by atoms with Crippen molar-refractivity contribution in [3.63, 3.8) is 0 Å². The lowest BCUT2D eigenvalue weighted by atomic mass is 10.3. The van der Waals surface area contributed by atoms with E-state index in [0.29, 0.717) is 11.6 Å². The summed E-state index contributed by atoms with van der Waals surface area (Å²) in [6.45, 7) is 3.71. The van der Waals surface area contributed by atoms with Gasteiger partial charge in [0.05, 0.1) is 7.11 Å². The Bertz CT molecular complexity index is 382. The third-order valence-corrected chi connectivity index (χ3v) is 1.65. The minimum Gasteiger partial charge on any atom is -0.493 e. The van der Waals surface area contributed by atoms with E-state index in [1.165, 1.54) is 13.2 Å². The van der Waals surface area contributed by atoms with Crippen LogP contribution in [0, 0.1) is 0 Å². The van der Waals surface area contributed by atoms with Crippen molar-refractivity contribution in [1.29, 1.82) is 0 Å². The highest BCUT2D eigenvalue weighted by molar-refractivity contribution is 5.99. The summed E-state index contributed by atoms with van der Waals surface area (Å²) in [7, 11) is 1.54. The highest BCUT2D eigenvalue weighted by Crippen LogP contribution is 2.19. The topological polar surface area (TPSA) is 51.2 Å². The summed E-state index contributed by atoms with van der Waals surface area (Å²) in [5.74, 6) is 0.780. The molecule has 1 aromatic rings. The van der Waals surface area contributed by atoms with Gasteiger partial charge in [-0.1, -0.05) is 5.57 Å². The molecule has 15 heavy (non-hydrogen) atoms. The third kappa shape index (κ3) is 3.42. The number of amides is 1. The molecule has 4 heteroatoms. The number of methoxy groups -OCH3 is 1. The van der Waals surface area contributed by atoms with Crippen LogP contribution in [0.25, 0.3) is 0 Å². The normalized spacial score (nSPS) is 9.27. The zero-order chi connectivity index (χ0) is 11.3. The summed E-state index contributed by atoms with van der Waals surface area (Å²) in [4.78, 5) is 15.4. The Balaban J connectivity index is 2.80. The van der Waals surface area contributed by atoms with Crippen LogP contribution in [0.15, 0.2) is 30.0 Å². The first-order valence-electron chi connectivity index (χ1n) is 4.58. The fourth-order valence-corrected chi connectivity index (χ4v) is 1.06. The molecule has 0 unspecified atom stereocenters. The lowest BCUT2D eigenvalue weighted by molar-refractivity contribution is -0.112. The van der Waals surface area contributed by atoms with Gasteiger partial charge >= 0.3 is 0 Å². The van der Waals surface area contributed by atoms with Gasteiger partial charge in [-0.2, -0.15) is 0 Å². The molecule has 1 heterocycles. The Morgan fingerprint density at radius 3 is 2.87 bits per heavy atom. The van der Waals surface area contributed by atoms with Crippen LogP contribution < -0.4 is 10.1 Å². The molecule has 4 nitrogen and oxygen atoms in total. The van der Waals surface area contributed by atoms with E-state index in [1.54, 1.807) is 18.3 Å². The van der Waals surface area contributed by atoms with Crippen molar-refractivity contribution >= 4 is 11.7 Å². The van der Waals surface area contributed by atoms with Crippen LogP contribution in [-0.2, 0) is 4.79 Å². The van der Waals surface area contributed by atoms with Crippen LogP contribution in [0.3, 0.4) is 0 Å². The molecule has 1 rings (SSSR count). The third-order valence-electron chi connectivity index (χ3n) is 1.65. The van der Waals surface area contributed by atoms with Gasteiger partial charge < -0.3 is 10.1 Å². The Kier molecular flexibility index (Phi) is 3.85. The molecule has 1 aromatic heterocycles. The number of allylic oxidation sites excluding steroid dienone is 1. The summed E-state index contributed by atoms with van der Waals surface area (Å²) in [5, 5.41) is 2.64. The van der Waals surface area contributed by atoms with Crippen molar-refractivity contribution in [3.8, 4) is 5.75 Å². The van der Waals surface area contributed by atoms with E-state index in [0.717, 1.165) is 5.57 Å². The smallest absolute Gasteiger partial charge is 0.249 e. The zero-order valence-corrected chi connectivity index (χ0v) is 9.07. The second-order valence-electron chi connectivity index (χ2n) is 3.27. The van der Waals surface area contributed by atoms with Crippen LogP contribution in [0.4, 0.5) is 5.82 Å². The number of ether oxygens (including phenoxy) is 1. The summed E-state index contributed by atoms with van der Waals surface area (Å²) in [6.07, 6.45) is 3.11. The maximum Gasteiger partial charge on any atom is 0.249 e. The van der Waals surface area contributed by atoms with Crippen LogP contribution in [0.1, 0.15) is 13.8 Å². The standard InChI is InChI=1S/C11H14N2O2/c1-8(2)7-10(14)13-11-9(15-3)5-4-6-12-11/h4-7H,1-3H3,(H,12,13,14). The zero-order valence-electron chi connectivity index (χ0n) is 9.07. The first-order chi connectivity index (χ1) is 7.13. The first-order valence-corrected chi connectivity index (χ1v) is 4.58. The fourth-order valence-electron chi connectivity index (χ4n) is 1.06. The van der Waals surface area contributed by atoms with E-state index < -0.39 is 0 Å². The molecule has 1 amide bonds. The molecule has 0 saturated heterocycles. The Labute approximate surface area is 89.0 Å². The van der Waals surface area contributed by atoms with Gasteiger partial charge in [-0.15, -0.1) is 0 Å². The van der Waals surface area contributed by atoms with E-state index in [2.05, 4.69) is 10.3 Å². The first kappa shape index (κ1) is 11.2. The lowest BCUT2D eigenvalue weighted by Gasteiger charge is -2.06. The maximum atomic E-state index is 11.4. The number of rotatable bonds is 3. The lowest BCUT2D eigenvalue weighted by Crippen LogP contribution is -2.10. The molecular weight excluding hydrogens is 192 g/mol. The second-order valence-corrected chi connectivity index (χ2v) is 3.27. The predicted molar refractivity (Wildman–Crippen MR) is 58.8 cm³/mol. The molecule has 0 spiro atoms. The number of carbonyl (C=O) groups is 1. The van der Waals surface area contributed by atoms with Gasteiger partial charge in [0.25, 0.3) is 0 Å². The largest absolute Gasteiger partial charge is 0.493 e. The molecule has 0 fully saturated rings. The van der Waals surface area contributed by atoms with Crippen LogP contribution in [0.5, 0.6) is 5.75 Å². The number of anilines is 1. The number of nitrogens with zero attached hydrogens (tertiary/aromatic N) is 1. The van der Waals surface area contributed by atoms with Gasteiger partial charge in [-0.25, -0.2) is 4.98 Å². The molecule has 0 saturated carbocycles. The van der Waals surface area contributed by atoms with Gasteiger partial charge in [-0.05, 0) is 26.0 Å². The molecule has 0 bridgehead atoms. The molecule has 0 radical (unpaired) electrons. The fraction of sp³-hybridized carbons (Fsp3) is 0.273. The molecule has 0 atom stereocenters. The Morgan fingerprint density at radius 1 is 1.53 bits per heavy atom. The summed E-state index contributed by atoms with van der Waals surface area (Å²) in [6, 6.07) is 3.49. The van der Waals surface area contributed by atoms with Gasteiger partial charge in [0.1, 0.15) is 0 Å². The second kappa shape index (κ2) is 5.14. The van der Waals surface area contributed by atoms with E-state index in [4.69, 9.17) is 4.74 Å². The highest BCUT2D eigenvalue weighted by atomic mass is 16.5. The van der Waals surface area contributed by atoms with Gasteiger partial charge in [-0.3, -0.25) is 4.79 Å². The van der Waals surface area contributed by atoms with Crippen molar-refractivity contribution < 1.29 is 9.53 Å². The van der Waals surface area contributed by atoms with Crippen molar-refractivity contribution in [3.05, 3.63) is 30.0 Å². The van der Waals surface area contributed by atoms with Crippen LogP contribution >= 0.6 is 0 Å². The van der Waals surface area contributed by atoms with Crippen LogP contribution in [-0.4, -0.2) is 18.0 Å². The SMILES string of the molecule is COc1cccnc1NC(=O)C=C(C)C. The van der Waals surface area contributed by atoms with E-state index in [9.17, 15) is 4.79 Å². The summed E-state index contributed by atoms with van der Waals surface area (Å²) < 4.78 is 5.05. The van der Waals surface area contributed by atoms with Crippen molar-refractivity contribution in [2.24, 2.45) is 0 Å². The van der Waals surface area contributed by atoms with Crippen molar-refractivity contribution in [2.75, 3.05) is 12.4 Å². The molecular formula is C11H14N2O2. The number of hydrogen-bond acceptors (Lipinski definition) is 3. The van der Waals surface area contributed by atoms with Crippen LogP contribution in [0.2, 0.25) is 0 Å². The minimum absolute atomic E-state index is 0.202. The van der Waals surface area contributed by atoms with Gasteiger partial charge in [0.15, 0.2) is 11.6 Å². The van der Waals surface area contributed by atoms with Gasteiger partial charge in [0.2, 0.25) is 5.91 Å². The van der Waals surface area contributed by atoms with E-state index in [-0.39, 0.29) is 5.91 Å². The maximum absolute atomic E-state index is 11.4.